The number of aromatic nitrogens is 1. The van der Waals surface area contributed by atoms with Gasteiger partial charge in [0.05, 0.1) is 29.4 Å². The zero-order valence-electron chi connectivity index (χ0n) is 19.6. The number of aryl methyl sites for hydroxylation is 1. The van der Waals surface area contributed by atoms with Gasteiger partial charge < -0.3 is 24.2 Å². The van der Waals surface area contributed by atoms with Crippen LogP contribution in [-0.2, 0) is 17.5 Å². The van der Waals surface area contributed by atoms with E-state index in [1.807, 2.05) is 4.90 Å². The van der Waals surface area contributed by atoms with Crippen LogP contribution < -0.4 is 4.90 Å². The summed E-state index contributed by atoms with van der Waals surface area (Å²) < 4.78 is 50.7. The van der Waals surface area contributed by atoms with Gasteiger partial charge in [-0.3, -0.25) is 4.79 Å². The Morgan fingerprint density at radius 2 is 2.09 bits per heavy atom. The van der Waals surface area contributed by atoms with Crippen LogP contribution in [0.3, 0.4) is 0 Å². The molecule has 8 nitrogen and oxygen atoms in total. The molecule has 4 rings (SSSR count). The molecule has 0 saturated carbocycles. The maximum absolute atomic E-state index is 13.5. The molecule has 0 aliphatic carbocycles. The number of ether oxygens (including phenoxy) is 1. The van der Waals surface area contributed by atoms with Crippen molar-refractivity contribution in [1.82, 2.24) is 10.1 Å². The molecule has 2 aliphatic heterocycles. The number of amides is 1. The maximum atomic E-state index is 13.5. The van der Waals surface area contributed by atoms with E-state index >= 15 is 0 Å². The minimum atomic E-state index is -4.64. The summed E-state index contributed by atoms with van der Waals surface area (Å²) in [5.41, 5.74) is -0.519. The molecule has 2 fully saturated rings. The first kappa shape index (κ1) is 25.0. The second-order valence-electron chi connectivity index (χ2n) is 9.25. The van der Waals surface area contributed by atoms with Crippen molar-refractivity contribution in [3.05, 3.63) is 46.3 Å². The monoisotopic (exact) mass is 492 g/mol. The van der Waals surface area contributed by atoms with Gasteiger partial charge in [-0.25, -0.2) is 0 Å². The summed E-state index contributed by atoms with van der Waals surface area (Å²) in [6, 6.07) is 5.32. The second-order valence-corrected chi connectivity index (χ2v) is 9.25. The number of nitrogens with zero attached hydrogens (tertiary/aromatic N) is 4. The van der Waals surface area contributed by atoms with Crippen LogP contribution in [0.15, 0.2) is 22.7 Å². The van der Waals surface area contributed by atoms with Crippen molar-refractivity contribution in [3.8, 4) is 6.07 Å². The molecule has 1 spiro atoms. The Balaban J connectivity index is 1.51. The van der Waals surface area contributed by atoms with Crippen molar-refractivity contribution in [2.45, 2.75) is 32.5 Å². The van der Waals surface area contributed by atoms with E-state index in [4.69, 9.17) is 14.5 Å². The van der Waals surface area contributed by atoms with E-state index in [9.17, 15) is 23.1 Å². The highest BCUT2D eigenvalue weighted by Crippen LogP contribution is 2.46. The van der Waals surface area contributed by atoms with Gasteiger partial charge in [0.1, 0.15) is 5.76 Å². The van der Waals surface area contributed by atoms with E-state index in [0.29, 0.717) is 56.0 Å². The summed E-state index contributed by atoms with van der Waals surface area (Å²) in [6.07, 6.45) is -3.44. The number of halogens is 3. The number of hydrogen-bond acceptors (Lipinski definition) is 7. The molecule has 11 heteroatoms. The van der Waals surface area contributed by atoms with Gasteiger partial charge in [-0.1, -0.05) is 5.16 Å². The first-order valence-corrected chi connectivity index (χ1v) is 11.3. The number of rotatable bonds is 5. The van der Waals surface area contributed by atoms with Crippen molar-refractivity contribution < 1.29 is 32.3 Å². The lowest BCUT2D eigenvalue weighted by Gasteiger charge is -2.42. The molecule has 0 radical (unpaired) electrons. The number of alkyl halides is 3. The van der Waals surface area contributed by atoms with Gasteiger partial charge >= 0.3 is 6.18 Å². The van der Waals surface area contributed by atoms with Crippen LogP contribution >= 0.6 is 0 Å². The lowest BCUT2D eigenvalue weighted by molar-refractivity contribution is -0.137. The minimum Gasteiger partial charge on any atom is -0.396 e. The number of anilines is 1. The van der Waals surface area contributed by atoms with E-state index in [1.54, 1.807) is 17.9 Å². The van der Waals surface area contributed by atoms with Gasteiger partial charge in [-0.05, 0) is 43.4 Å². The molecule has 0 bridgehead atoms. The van der Waals surface area contributed by atoms with Gasteiger partial charge in [0.25, 0.3) is 5.91 Å². The number of hydrogen-bond donors (Lipinski definition) is 1. The quantitative estimate of drug-likeness (QED) is 0.683. The molecule has 1 aromatic carbocycles. The Morgan fingerprint density at radius 1 is 1.37 bits per heavy atom. The third kappa shape index (κ3) is 4.60. The molecule has 188 valence electrons. The maximum Gasteiger partial charge on any atom is 0.417 e. The van der Waals surface area contributed by atoms with Gasteiger partial charge in [-0.15, -0.1) is 0 Å². The first-order valence-electron chi connectivity index (χ1n) is 11.3. The second kappa shape index (κ2) is 9.51. The van der Waals surface area contributed by atoms with Crippen LogP contribution in [0.4, 0.5) is 18.9 Å². The number of benzene rings is 1. The van der Waals surface area contributed by atoms with Crippen molar-refractivity contribution in [1.29, 1.82) is 5.26 Å². The fraction of sp³-hybridized carbons (Fsp3) is 0.542. The first-order chi connectivity index (χ1) is 16.6. The molecule has 3 heterocycles. The Hall–Kier alpha value is -3.10. The number of methoxy groups -OCH3 is 1. The largest absolute Gasteiger partial charge is 0.417 e. The smallest absolute Gasteiger partial charge is 0.396 e. The molecule has 2 saturated heterocycles. The topological polar surface area (TPSA) is 103 Å². The average Bonchev–Trinajstić information content (AvgIpc) is 3.38. The Labute approximate surface area is 200 Å². The minimum absolute atomic E-state index is 0.104. The molecular formula is C24H27F3N4O4. The fourth-order valence-corrected chi connectivity index (χ4v) is 5.29. The summed E-state index contributed by atoms with van der Waals surface area (Å²) >= 11 is 0. The van der Waals surface area contributed by atoms with E-state index in [1.165, 1.54) is 19.2 Å². The van der Waals surface area contributed by atoms with Crippen LogP contribution in [0.5, 0.6) is 0 Å². The zero-order valence-corrected chi connectivity index (χ0v) is 19.6. The Bertz CT molecular complexity index is 1130. The van der Waals surface area contributed by atoms with Crippen LogP contribution in [-0.4, -0.2) is 61.0 Å². The number of aliphatic hydroxyl groups excluding tert-OH is 1. The summed E-state index contributed by atoms with van der Waals surface area (Å²) in [6.45, 7) is 3.55. The van der Waals surface area contributed by atoms with Gasteiger partial charge in [0, 0.05) is 51.5 Å². The molecule has 1 aromatic heterocycles. The highest BCUT2D eigenvalue weighted by Gasteiger charge is 2.49. The Morgan fingerprint density at radius 3 is 2.69 bits per heavy atom. The third-order valence-corrected chi connectivity index (χ3v) is 7.35. The van der Waals surface area contributed by atoms with Crippen molar-refractivity contribution in [3.63, 3.8) is 0 Å². The standard InChI is InChI=1S/C24H27F3N4O4/c1-15-19(13-34-2)21(29-35-15)22(33)30-7-5-23(6-8-30)14-31(11-17(23)12-32)18-4-3-16(10-28)20(9-18)24(25,26)27/h3-4,9,17,32H,5-8,11-14H2,1-2H3. The number of nitriles is 1. The van der Waals surface area contributed by atoms with Crippen molar-refractivity contribution in [2.75, 3.05) is 44.8 Å². The molecule has 2 aliphatic rings. The van der Waals surface area contributed by atoms with Gasteiger partial charge in [-0.2, -0.15) is 18.4 Å². The lowest BCUT2D eigenvalue weighted by atomic mass is 9.71. The third-order valence-electron chi connectivity index (χ3n) is 7.35. The van der Waals surface area contributed by atoms with E-state index in [0.717, 1.165) is 6.07 Å². The molecule has 1 N–H and O–H groups in total. The normalized spacial score (nSPS) is 19.9. The molecule has 1 atom stereocenters. The van der Waals surface area contributed by atoms with Gasteiger partial charge in [0.15, 0.2) is 5.69 Å². The van der Waals surface area contributed by atoms with E-state index < -0.39 is 17.3 Å². The summed E-state index contributed by atoms with van der Waals surface area (Å²) in [4.78, 5) is 16.6. The number of carbonyl (C=O) groups is 1. The van der Waals surface area contributed by atoms with Crippen LogP contribution in [0.1, 0.15) is 45.8 Å². The highest BCUT2D eigenvalue weighted by molar-refractivity contribution is 5.93. The highest BCUT2D eigenvalue weighted by atomic mass is 19.4. The summed E-state index contributed by atoms with van der Waals surface area (Å²) in [7, 11) is 1.53. The van der Waals surface area contributed by atoms with E-state index in [2.05, 4.69) is 5.16 Å². The summed E-state index contributed by atoms with van der Waals surface area (Å²) in [5.74, 6) is 0.125. The molecule has 1 amide bonds. The molecule has 1 unspecified atom stereocenters. The van der Waals surface area contributed by atoms with Gasteiger partial charge in [0.2, 0.25) is 0 Å². The number of piperidine rings is 1. The average molecular weight is 492 g/mol. The molecular weight excluding hydrogens is 465 g/mol. The fourth-order valence-electron chi connectivity index (χ4n) is 5.29. The Kier molecular flexibility index (Phi) is 6.79. The molecule has 2 aromatic rings. The predicted molar refractivity (Wildman–Crippen MR) is 118 cm³/mol. The number of aliphatic hydroxyl groups is 1. The lowest BCUT2D eigenvalue weighted by Crippen LogP contribution is -2.47. The van der Waals surface area contributed by atoms with Crippen LogP contribution in [0.2, 0.25) is 0 Å². The van der Waals surface area contributed by atoms with E-state index in [-0.39, 0.29) is 36.1 Å². The van der Waals surface area contributed by atoms with Crippen LogP contribution in [0, 0.1) is 29.6 Å². The van der Waals surface area contributed by atoms with Crippen molar-refractivity contribution in [2.24, 2.45) is 11.3 Å². The van der Waals surface area contributed by atoms with Crippen molar-refractivity contribution >= 4 is 11.6 Å². The summed E-state index contributed by atoms with van der Waals surface area (Å²) in [5, 5.41) is 23.1. The van der Waals surface area contributed by atoms with Crippen LogP contribution in [0.25, 0.3) is 0 Å². The predicted octanol–water partition coefficient (Wildman–Crippen LogP) is 3.37. The number of likely N-dealkylation sites (tertiary alicyclic amines) is 1. The molecule has 35 heavy (non-hydrogen) atoms. The number of carbonyl (C=O) groups excluding carboxylic acids is 1. The SMILES string of the molecule is COCc1c(C(=O)N2CCC3(CC2)CN(c2ccc(C#N)c(C(F)(F)F)c2)CC3CO)noc1C. The zero-order chi connectivity index (χ0) is 25.4.